The van der Waals surface area contributed by atoms with Crippen LogP contribution in [-0.2, 0) is 13.6 Å². The van der Waals surface area contributed by atoms with E-state index in [1.807, 2.05) is 7.05 Å². The van der Waals surface area contributed by atoms with Crippen molar-refractivity contribution in [2.24, 2.45) is 7.05 Å². The summed E-state index contributed by atoms with van der Waals surface area (Å²) in [7, 11) is 1.82. The van der Waals surface area contributed by atoms with Crippen LogP contribution in [0.15, 0.2) is 18.7 Å². The minimum atomic E-state index is -0.188. The van der Waals surface area contributed by atoms with Crippen molar-refractivity contribution < 1.29 is 4.79 Å². The maximum Gasteiger partial charge on any atom is 0.254 e. The third kappa shape index (κ3) is 2.01. The number of aryl methyl sites for hydroxylation is 1. The Bertz CT molecular complexity index is 445. The Morgan fingerprint density at radius 1 is 1.67 bits per heavy atom. The van der Waals surface area contributed by atoms with E-state index >= 15 is 0 Å². The zero-order valence-corrected chi connectivity index (χ0v) is 8.14. The summed E-state index contributed by atoms with van der Waals surface area (Å²) >= 11 is 0. The lowest BCUT2D eigenvalue weighted by Crippen LogP contribution is -2.23. The van der Waals surface area contributed by atoms with Crippen molar-refractivity contribution >= 4 is 5.91 Å². The van der Waals surface area contributed by atoms with Crippen molar-refractivity contribution in [3.8, 4) is 0 Å². The minimum Gasteiger partial charge on any atom is -0.345 e. The van der Waals surface area contributed by atoms with E-state index in [9.17, 15) is 4.79 Å². The summed E-state index contributed by atoms with van der Waals surface area (Å²) in [5.41, 5.74) is 0.497. The summed E-state index contributed by atoms with van der Waals surface area (Å²) in [5, 5.41) is 16.5. The number of carbonyl (C=O) groups is 1. The number of nitrogens with one attached hydrogen (secondary N) is 2. The molecule has 2 N–H and O–H groups in total. The molecule has 0 aliphatic rings. The van der Waals surface area contributed by atoms with E-state index in [4.69, 9.17) is 0 Å². The number of amides is 1. The van der Waals surface area contributed by atoms with Crippen LogP contribution in [0, 0.1) is 0 Å². The average molecular weight is 206 g/mol. The van der Waals surface area contributed by atoms with Gasteiger partial charge in [-0.15, -0.1) is 10.2 Å². The number of hydrogen-bond acceptors (Lipinski definition) is 4. The van der Waals surface area contributed by atoms with Crippen molar-refractivity contribution in [2.75, 3.05) is 0 Å². The fourth-order valence-electron chi connectivity index (χ4n) is 1.10. The van der Waals surface area contributed by atoms with Gasteiger partial charge >= 0.3 is 0 Å². The molecule has 0 spiro atoms. The highest BCUT2D eigenvalue weighted by Gasteiger charge is 2.07. The molecule has 2 rings (SSSR count). The molecule has 0 unspecified atom stereocenters. The zero-order chi connectivity index (χ0) is 10.7. The second-order valence-electron chi connectivity index (χ2n) is 3.03. The molecule has 2 heterocycles. The van der Waals surface area contributed by atoms with E-state index in [1.165, 1.54) is 12.4 Å². The molecule has 7 heteroatoms. The molecule has 0 aliphatic heterocycles. The molecule has 0 bridgehead atoms. The molecule has 2 aromatic heterocycles. The molecule has 0 radical (unpaired) electrons. The molecule has 0 aliphatic carbocycles. The van der Waals surface area contributed by atoms with Crippen LogP contribution in [0.4, 0.5) is 0 Å². The molecular formula is C8H10N6O. The van der Waals surface area contributed by atoms with Crippen molar-refractivity contribution in [3.63, 3.8) is 0 Å². The molecule has 0 fully saturated rings. The third-order valence-electron chi connectivity index (χ3n) is 1.97. The van der Waals surface area contributed by atoms with E-state index in [2.05, 4.69) is 25.7 Å². The maximum absolute atomic E-state index is 11.5. The summed E-state index contributed by atoms with van der Waals surface area (Å²) in [6.45, 7) is 0.348. The fraction of sp³-hybridized carbons (Fsp3) is 0.250. The van der Waals surface area contributed by atoms with Crippen LogP contribution in [-0.4, -0.2) is 30.9 Å². The molecule has 0 saturated carbocycles. The lowest BCUT2D eigenvalue weighted by Gasteiger charge is -2.01. The van der Waals surface area contributed by atoms with E-state index in [0.29, 0.717) is 17.9 Å². The van der Waals surface area contributed by atoms with Gasteiger partial charge in [0.15, 0.2) is 5.82 Å². The van der Waals surface area contributed by atoms with E-state index in [0.717, 1.165) is 0 Å². The summed E-state index contributed by atoms with van der Waals surface area (Å²) in [6, 6.07) is 0. The van der Waals surface area contributed by atoms with Gasteiger partial charge in [-0.3, -0.25) is 9.89 Å². The summed E-state index contributed by atoms with van der Waals surface area (Å²) in [5.74, 6) is 0.513. The van der Waals surface area contributed by atoms with Crippen LogP contribution in [0.3, 0.4) is 0 Å². The van der Waals surface area contributed by atoms with Crippen molar-refractivity contribution in [3.05, 3.63) is 30.1 Å². The smallest absolute Gasteiger partial charge is 0.254 e. The summed E-state index contributed by atoms with van der Waals surface area (Å²) < 4.78 is 1.75. The Hall–Kier alpha value is -2.18. The van der Waals surface area contributed by atoms with Crippen LogP contribution in [0.25, 0.3) is 0 Å². The highest BCUT2D eigenvalue weighted by molar-refractivity contribution is 5.93. The maximum atomic E-state index is 11.5. The van der Waals surface area contributed by atoms with Crippen molar-refractivity contribution in [1.82, 2.24) is 30.3 Å². The predicted molar refractivity (Wildman–Crippen MR) is 50.8 cm³/mol. The molecule has 0 atom stereocenters. The average Bonchev–Trinajstić information content (AvgIpc) is 2.85. The van der Waals surface area contributed by atoms with Gasteiger partial charge in [0.1, 0.15) is 6.33 Å². The van der Waals surface area contributed by atoms with Crippen molar-refractivity contribution in [2.45, 2.75) is 6.54 Å². The normalized spacial score (nSPS) is 10.2. The van der Waals surface area contributed by atoms with Crippen LogP contribution in [0.1, 0.15) is 16.2 Å². The number of nitrogens with zero attached hydrogens (tertiary/aromatic N) is 4. The molecule has 1 amide bonds. The van der Waals surface area contributed by atoms with Gasteiger partial charge in [0.2, 0.25) is 0 Å². The molecule has 0 saturated heterocycles. The molecular weight excluding hydrogens is 196 g/mol. The second kappa shape index (κ2) is 3.91. The highest BCUT2D eigenvalue weighted by atomic mass is 16.1. The first-order valence-electron chi connectivity index (χ1n) is 4.37. The lowest BCUT2D eigenvalue weighted by atomic mass is 10.3. The zero-order valence-electron chi connectivity index (χ0n) is 8.14. The van der Waals surface area contributed by atoms with Crippen molar-refractivity contribution in [1.29, 1.82) is 0 Å². The summed E-state index contributed by atoms with van der Waals surface area (Å²) in [4.78, 5) is 11.5. The predicted octanol–water partition coefficient (Wildman–Crippen LogP) is -0.532. The van der Waals surface area contributed by atoms with Gasteiger partial charge < -0.3 is 9.88 Å². The number of rotatable bonds is 3. The Kier molecular flexibility index (Phi) is 2.44. The Balaban J connectivity index is 1.95. The first-order chi connectivity index (χ1) is 7.27. The van der Waals surface area contributed by atoms with Gasteiger partial charge in [-0.25, -0.2) is 0 Å². The second-order valence-corrected chi connectivity index (χ2v) is 3.03. The van der Waals surface area contributed by atoms with Gasteiger partial charge in [0.05, 0.1) is 18.3 Å². The molecule has 7 nitrogen and oxygen atoms in total. The van der Waals surface area contributed by atoms with E-state index in [1.54, 1.807) is 10.9 Å². The van der Waals surface area contributed by atoms with E-state index in [-0.39, 0.29) is 5.91 Å². The summed E-state index contributed by atoms with van der Waals surface area (Å²) in [6.07, 6.45) is 4.58. The van der Waals surface area contributed by atoms with Crippen LogP contribution >= 0.6 is 0 Å². The Labute approximate surface area is 85.5 Å². The number of hydrogen-bond donors (Lipinski definition) is 2. The molecule has 0 aromatic carbocycles. The fourth-order valence-corrected chi connectivity index (χ4v) is 1.10. The quantitative estimate of drug-likeness (QED) is 0.706. The first-order valence-corrected chi connectivity index (χ1v) is 4.37. The van der Waals surface area contributed by atoms with Crippen LogP contribution in [0.5, 0.6) is 0 Å². The standard InChI is InChI=1S/C8H10N6O/c1-14-5-12-13-7(14)4-9-8(15)6-2-10-11-3-6/h2-3,5H,4H2,1H3,(H,9,15)(H,10,11). The van der Waals surface area contributed by atoms with Gasteiger partial charge in [-0.1, -0.05) is 0 Å². The van der Waals surface area contributed by atoms with E-state index < -0.39 is 0 Å². The number of carbonyl (C=O) groups excluding carboxylic acids is 1. The molecule has 2 aromatic rings. The first kappa shape index (κ1) is 9.38. The Morgan fingerprint density at radius 3 is 3.13 bits per heavy atom. The lowest BCUT2D eigenvalue weighted by molar-refractivity contribution is 0.0949. The van der Waals surface area contributed by atoms with Crippen LogP contribution in [0.2, 0.25) is 0 Å². The number of aromatic amines is 1. The number of H-pyrrole nitrogens is 1. The third-order valence-corrected chi connectivity index (χ3v) is 1.97. The van der Waals surface area contributed by atoms with Gasteiger partial charge in [-0.2, -0.15) is 5.10 Å². The monoisotopic (exact) mass is 206 g/mol. The SMILES string of the molecule is Cn1cnnc1CNC(=O)c1cn[nH]c1. The molecule has 78 valence electrons. The highest BCUT2D eigenvalue weighted by Crippen LogP contribution is 1.95. The van der Waals surface area contributed by atoms with Crippen LogP contribution < -0.4 is 5.32 Å². The van der Waals surface area contributed by atoms with Gasteiger partial charge in [0, 0.05) is 13.2 Å². The minimum absolute atomic E-state index is 0.188. The van der Waals surface area contributed by atoms with Gasteiger partial charge in [-0.05, 0) is 0 Å². The molecule has 15 heavy (non-hydrogen) atoms. The largest absolute Gasteiger partial charge is 0.345 e. The Morgan fingerprint density at radius 2 is 2.53 bits per heavy atom. The van der Waals surface area contributed by atoms with Gasteiger partial charge in [0.25, 0.3) is 5.91 Å². The number of aromatic nitrogens is 5. The topological polar surface area (TPSA) is 88.5 Å².